The van der Waals surface area contributed by atoms with Crippen LogP contribution < -0.4 is 33.2 Å². The second kappa shape index (κ2) is 14.6. The molecule has 4 amide bonds. The van der Waals surface area contributed by atoms with Crippen molar-refractivity contribution in [1.82, 2.24) is 16.0 Å². The Morgan fingerprint density at radius 2 is 1.55 bits per heavy atom. The van der Waals surface area contributed by atoms with Crippen LogP contribution in [0, 0.1) is 5.92 Å². The van der Waals surface area contributed by atoms with Gasteiger partial charge in [0.15, 0.2) is 0 Å². The van der Waals surface area contributed by atoms with E-state index in [0.29, 0.717) is 32.2 Å². The average Bonchev–Trinajstić information content (AvgIpc) is 2.62. The molecule has 0 aliphatic rings. The molecule has 0 saturated heterocycles. The van der Waals surface area contributed by atoms with Crippen LogP contribution in [0.5, 0.6) is 0 Å². The molecular formula is C18H36N6O5. The van der Waals surface area contributed by atoms with E-state index >= 15 is 0 Å². The summed E-state index contributed by atoms with van der Waals surface area (Å²) < 4.78 is 0. The number of carboxylic acid groups (broad SMARTS) is 1. The number of hydrogen-bond donors (Lipinski definition) is 7. The zero-order valence-electron chi connectivity index (χ0n) is 17.3. The smallest absolute Gasteiger partial charge is 0.326 e. The van der Waals surface area contributed by atoms with Gasteiger partial charge in [-0.1, -0.05) is 20.3 Å². The SMILES string of the molecule is CC(C)C[C@H](NC(=O)[C@@H](N)CCCCN)C(=O)N[C@@H](CCCNC(N)=O)C(=O)O. The highest BCUT2D eigenvalue weighted by atomic mass is 16.4. The first kappa shape index (κ1) is 26.6. The van der Waals surface area contributed by atoms with Gasteiger partial charge in [0.1, 0.15) is 12.1 Å². The maximum atomic E-state index is 12.6. The first-order chi connectivity index (χ1) is 13.6. The van der Waals surface area contributed by atoms with Gasteiger partial charge in [-0.25, -0.2) is 9.59 Å². The number of aliphatic carboxylic acids is 1. The third kappa shape index (κ3) is 12.6. The third-order valence-corrected chi connectivity index (χ3v) is 4.23. The molecule has 0 spiro atoms. The highest BCUT2D eigenvalue weighted by molar-refractivity contribution is 5.91. The fraction of sp³-hybridized carbons (Fsp3) is 0.778. The van der Waals surface area contributed by atoms with E-state index in [1.165, 1.54) is 0 Å². The lowest BCUT2D eigenvalue weighted by Crippen LogP contribution is -2.54. The quantitative estimate of drug-likeness (QED) is 0.166. The van der Waals surface area contributed by atoms with E-state index in [9.17, 15) is 24.3 Å². The molecule has 10 N–H and O–H groups in total. The number of carboxylic acids is 1. The number of carbonyl (C=O) groups excluding carboxylic acids is 3. The van der Waals surface area contributed by atoms with Gasteiger partial charge in [0.2, 0.25) is 11.8 Å². The molecule has 3 atom stereocenters. The van der Waals surface area contributed by atoms with Crippen LogP contribution in [0.4, 0.5) is 4.79 Å². The number of primary amides is 1. The summed E-state index contributed by atoms with van der Waals surface area (Å²) in [6, 6.07) is -3.52. The third-order valence-electron chi connectivity index (χ3n) is 4.23. The molecule has 0 aromatic heterocycles. The lowest BCUT2D eigenvalue weighted by Gasteiger charge is -2.24. The fourth-order valence-electron chi connectivity index (χ4n) is 2.67. The van der Waals surface area contributed by atoms with Gasteiger partial charge in [0.25, 0.3) is 0 Å². The second-order valence-corrected chi connectivity index (χ2v) is 7.41. The predicted octanol–water partition coefficient (Wildman–Crippen LogP) is -1.01. The van der Waals surface area contributed by atoms with Crippen molar-refractivity contribution in [1.29, 1.82) is 0 Å². The number of hydrogen-bond acceptors (Lipinski definition) is 6. The minimum atomic E-state index is -1.20. The number of urea groups is 1. The maximum Gasteiger partial charge on any atom is 0.326 e. The standard InChI is InChI=1S/C18H36N6O5/c1-11(2)10-14(24-15(25)12(20)6-3-4-8-19)16(26)23-13(17(27)28)7-5-9-22-18(21)29/h11-14H,3-10,19-20H2,1-2H3,(H,23,26)(H,24,25)(H,27,28)(H3,21,22,29)/t12-,13-,14-/m0/s1. The Balaban J connectivity index is 4.86. The molecule has 0 heterocycles. The predicted molar refractivity (Wildman–Crippen MR) is 109 cm³/mol. The second-order valence-electron chi connectivity index (χ2n) is 7.41. The summed E-state index contributed by atoms with van der Waals surface area (Å²) >= 11 is 0. The zero-order chi connectivity index (χ0) is 22.4. The Morgan fingerprint density at radius 3 is 2.07 bits per heavy atom. The zero-order valence-corrected chi connectivity index (χ0v) is 17.3. The van der Waals surface area contributed by atoms with Crippen LogP contribution in [0.25, 0.3) is 0 Å². The molecule has 0 radical (unpaired) electrons. The maximum absolute atomic E-state index is 12.6. The van der Waals surface area contributed by atoms with Crippen LogP contribution in [0.1, 0.15) is 52.4 Å². The van der Waals surface area contributed by atoms with E-state index < -0.39 is 41.9 Å². The van der Waals surface area contributed by atoms with Crippen molar-refractivity contribution >= 4 is 23.8 Å². The monoisotopic (exact) mass is 416 g/mol. The molecule has 0 aliphatic carbocycles. The van der Waals surface area contributed by atoms with E-state index in [0.717, 1.165) is 6.42 Å². The summed E-state index contributed by atoms with van der Waals surface area (Å²) in [5.41, 5.74) is 16.2. The van der Waals surface area contributed by atoms with Crippen LogP contribution in [0.15, 0.2) is 0 Å². The Bertz CT molecular complexity index is 543. The normalized spacial score (nSPS) is 14.0. The van der Waals surface area contributed by atoms with Gasteiger partial charge < -0.3 is 38.3 Å². The summed E-state index contributed by atoms with van der Waals surface area (Å²) in [6.07, 6.45) is 2.65. The highest BCUT2D eigenvalue weighted by Crippen LogP contribution is 2.08. The topological polar surface area (TPSA) is 203 Å². The molecule has 0 aromatic rings. The van der Waals surface area contributed by atoms with Crippen LogP contribution in [-0.2, 0) is 14.4 Å². The number of rotatable bonds is 15. The summed E-state index contributed by atoms with van der Waals surface area (Å²) in [6.45, 7) is 4.48. The van der Waals surface area contributed by atoms with Crippen molar-refractivity contribution in [3.8, 4) is 0 Å². The number of unbranched alkanes of at least 4 members (excludes halogenated alkanes) is 1. The first-order valence-electron chi connectivity index (χ1n) is 9.90. The van der Waals surface area contributed by atoms with E-state index in [2.05, 4.69) is 16.0 Å². The lowest BCUT2D eigenvalue weighted by atomic mass is 10.0. The van der Waals surface area contributed by atoms with Crippen LogP contribution >= 0.6 is 0 Å². The average molecular weight is 417 g/mol. The van der Waals surface area contributed by atoms with Gasteiger partial charge in [-0.3, -0.25) is 9.59 Å². The van der Waals surface area contributed by atoms with Gasteiger partial charge in [0.05, 0.1) is 6.04 Å². The van der Waals surface area contributed by atoms with Gasteiger partial charge in [-0.05, 0) is 44.6 Å². The number of carbonyl (C=O) groups is 4. The van der Waals surface area contributed by atoms with Crippen LogP contribution in [-0.4, -0.2) is 60.1 Å². The number of nitrogens with one attached hydrogen (secondary N) is 3. The Labute approximate surface area is 171 Å². The van der Waals surface area contributed by atoms with E-state index in [4.69, 9.17) is 17.2 Å². The van der Waals surface area contributed by atoms with Gasteiger partial charge in [-0.2, -0.15) is 0 Å². The molecule has 11 heteroatoms. The van der Waals surface area contributed by atoms with E-state index in [-0.39, 0.29) is 18.9 Å². The van der Waals surface area contributed by atoms with E-state index in [1.807, 2.05) is 13.8 Å². The fourth-order valence-corrected chi connectivity index (χ4v) is 2.67. The van der Waals surface area contributed by atoms with Crippen LogP contribution in [0.2, 0.25) is 0 Å². The van der Waals surface area contributed by atoms with E-state index in [1.54, 1.807) is 0 Å². The minimum Gasteiger partial charge on any atom is -0.480 e. The molecule has 0 fully saturated rings. The molecule has 0 rings (SSSR count). The molecular weight excluding hydrogens is 380 g/mol. The van der Waals surface area contributed by atoms with Crippen LogP contribution in [0.3, 0.4) is 0 Å². The largest absolute Gasteiger partial charge is 0.480 e. The molecule has 0 bridgehead atoms. The van der Waals surface area contributed by atoms with Crippen molar-refractivity contribution < 1.29 is 24.3 Å². The number of nitrogens with two attached hydrogens (primary N) is 3. The van der Waals surface area contributed by atoms with Crippen molar-refractivity contribution in [3.05, 3.63) is 0 Å². The van der Waals surface area contributed by atoms with Crippen molar-refractivity contribution in [2.45, 2.75) is 70.5 Å². The molecule has 0 unspecified atom stereocenters. The van der Waals surface area contributed by atoms with Gasteiger partial charge in [0, 0.05) is 6.54 Å². The van der Waals surface area contributed by atoms with Crippen molar-refractivity contribution in [3.63, 3.8) is 0 Å². The molecule has 168 valence electrons. The summed E-state index contributed by atoms with van der Waals surface area (Å²) in [5, 5.41) is 16.8. The van der Waals surface area contributed by atoms with Gasteiger partial charge in [-0.15, -0.1) is 0 Å². The Hall–Kier alpha value is -2.40. The molecule has 0 aromatic carbocycles. The lowest BCUT2D eigenvalue weighted by molar-refractivity contribution is -0.142. The van der Waals surface area contributed by atoms with Crippen molar-refractivity contribution in [2.24, 2.45) is 23.1 Å². The molecule has 29 heavy (non-hydrogen) atoms. The van der Waals surface area contributed by atoms with Gasteiger partial charge >= 0.3 is 12.0 Å². The first-order valence-corrected chi connectivity index (χ1v) is 9.90. The highest BCUT2D eigenvalue weighted by Gasteiger charge is 2.28. The summed E-state index contributed by atoms with van der Waals surface area (Å²) in [7, 11) is 0. The molecule has 11 nitrogen and oxygen atoms in total. The minimum absolute atomic E-state index is 0.0857. The molecule has 0 aliphatic heterocycles. The number of amides is 4. The Morgan fingerprint density at radius 1 is 0.931 bits per heavy atom. The van der Waals surface area contributed by atoms with Crippen molar-refractivity contribution in [2.75, 3.05) is 13.1 Å². The Kier molecular flexibility index (Phi) is 13.4. The summed E-state index contributed by atoms with van der Waals surface area (Å²) in [4.78, 5) is 47.0. The summed E-state index contributed by atoms with van der Waals surface area (Å²) in [5.74, 6) is -2.16. The molecule has 0 saturated carbocycles.